The highest BCUT2D eigenvalue weighted by Crippen LogP contribution is 2.33. The van der Waals surface area contributed by atoms with Gasteiger partial charge in [0.05, 0.1) is 6.61 Å². The number of carbonyl (C=O) groups is 1. The molecule has 3 nitrogen and oxygen atoms in total. The van der Waals surface area contributed by atoms with E-state index >= 15 is 0 Å². The largest absolute Gasteiger partial charge is 0.392 e. The molecule has 1 aromatic carbocycles. The SMILES string of the molecule is CC(C)C1CCC(C(=O)NCc2ccccc2CO)CC1. The third-order valence-corrected chi connectivity index (χ3v) is 4.83. The van der Waals surface area contributed by atoms with Crippen LogP contribution in [0.3, 0.4) is 0 Å². The minimum atomic E-state index is 0.0194. The second-order valence-corrected chi connectivity index (χ2v) is 6.50. The topological polar surface area (TPSA) is 49.3 Å². The lowest BCUT2D eigenvalue weighted by atomic mass is 9.76. The molecule has 1 fully saturated rings. The molecule has 116 valence electrons. The molecule has 0 spiro atoms. The van der Waals surface area contributed by atoms with Crippen molar-refractivity contribution in [2.24, 2.45) is 17.8 Å². The molecule has 3 heteroatoms. The van der Waals surface area contributed by atoms with Crippen LogP contribution < -0.4 is 5.32 Å². The van der Waals surface area contributed by atoms with Gasteiger partial charge in [-0.2, -0.15) is 0 Å². The van der Waals surface area contributed by atoms with Gasteiger partial charge in [-0.3, -0.25) is 4.79 Å². The molecule has 2 N–H and O–H groups in total. The number of aliphatic hydroxyl groups is 1. The highest BCUT2D eigenvalue weighted by molar-refractivity contribution is 5.78. The van der Waals surface area contributed by atoms with Crippen molar-refractivity contribution in [3.05, 3.63) is 35.4 Å². The smallest absolute Gasteiger partial charge is 0.223 e. The van der Waals surface area contributed by atoms with E-state index in [0.717, 1.165) is 35.8 Å². The number of carbonyl (C=O) groups excluding carboxylic acids is 1. The van der Waals surface area contributed by atoms with E-state index in [-0.39, 0.29) is 18.4 Å². The predicted molar refractivity (Wildman–Crippen MR) is 84.5 cm³/mol. The first-order valence-corrected chi connectivity index (χ1v) is 8.07. The molecular weight excluding hydrogens is 262 g/mol. The monoisotopic (exact) mass is 289 g/mol. The number of hydrogen-bond donors (Lipinski definition) is 2. The van der Waals surface area contributed by atoms with Crippen LogP contribution in [0.1, 0.15) is 50.7 Å². The van der Waals surface area contributed by atoms with Crippen molar-refractivity contribution in [2.45, 2.75) is 52.7 Å². The van der Waals surface area contributed by atoms with Gasteiger partial charge >= 0.3 is 0 Å². The van der Waals surface area contributed by atoms with Crippen molar-refractivity contribution >= 4 is 5.91 Å². The molecule has 21 heavy (non-hydrogen) atoms. The van der Waals surface area contributed by atoms with E-state index in [0.29, 0.717) is 6.54 Å². The predicted octanol–water partition coefficient (Wildman–Crippen LogP) is 3.26. The highest BCUT2D eigenvalue weighted by atomic mass is 16.3. The molecule has 0 aliphatic heterocycles. The summed E-state index contributed by atoms with van der Waals surface area (Å²) in [6.07, 6.45) is 4.36. The molecule has 2 rings (SSSR count). The van der Waals surface area contributed by atoms with Crippen LogP contribution in [0, 0.1) is 17.8 Å². The average Bonchev–Trinajstić information content (AvgIpc) is 2.52. The minimum Gasteiger partial charge on any atom is -0.392 e. The zero-order valence-corrected chi connectivity index (χ0v) is 13.1. The molecule has 0 atom stereocenters. The third-order valence-electron chi connectivity index (χ3n) is 4.83. The molecule has 1 saturated carbocycles. The van der Waals surface area contributed by atoms with Gasteiger partial charge in [-0.1, -0.05) is 38.1 Å². The summed E-state index contributed by atoms with van der Waals surface area (Å²) >= 11 is 0. The summed E-state index contributed by atoms with van der Waals surface area (Å²) in [5.74, 6) is 1.85. The zero-order chi connectivity index (χ0) is 15.2. The van der Waals surface area contributed by atoms with Crippen LogP contribution in [0.2, 0.25) is 0 Å². The molecule has 0 bridgehead atoms. The van der Waals surface area contributed by atoms with Crippen LogP contribution in [-0.4, -0.2) is 11.0 Å². The van der Waals surface area contributed by atoms with Crippen LogP contribution >= 0.6 is 0 Å². The van der Waals surface area contributed by atoms with Gasteiger partial charge in [0, 0.05) is 12.5 Å². The molecule has 0 saturated heterocycles. The lowest BCUT2D eigenvalue weighted by Crippen LogP contribution is -2.33. The van der Waals surface area contributed by atoms with Gasteiger partial charge in [0.15, 0.2) is 0 Å². The molecule has 0 unspecified atom stereocenters. The summed E-state index contributed by atoms with van der Waals surface area (Å²) in [6, 6.07) is 7.70. The van der Waals surface area contributed by atoms with Crippen LogP contribution in [0.15, 0.2) is 24.3 Å². The number of aliphatic hydroxyl groups excluding tert-OH is 1. The van der Waals surface area contributed by atoms with Crippen LogP contribution in [0.5, 0.6) is 0 Å². The molecular formula is C18H27NO2. The quantitative estimate of drug-likeness (QED) is 0.874. The Balaban J connectivity index is 1.83. The first-order valence-electron chi connectivity index (χ1n) is 8.07. The van der Waals surface area contributed by atoms with Gasteiger partial charge in [0.1, 0.15) is 0 Å². The van der Waals surface area contributed by atoms with Gasteiger partial charge in [0.25, 0.3) is 0 Å². The van der Waals surface area contributed by atoms with Gasteiger partial charge in [-0.05, 0) is 48.6 Å². The third kappa shape index (κ3) is 4.31. The van der Waals surface area contributed by atoms with Crippen LogP contribution in [0.4, 0.5) is 0 Å². The van der Waals surface area contributed by atoms with Crippen molar-refractivity contribution in [1.29, 1.82) is 0 Å². The second-order valence-electron chi connectivity index (χ2n) is 6.50. The maximum atomic E-state index is 12.3. The molecule has 1 aliphatic rings. The number of rotatable bonds is 5. The van der Waals surface area contributed by atoms with Crippen molar-refractivity contribution in [2.75, 3.05) is 0 Å². The van der Waals surface area contributed by atoms with E-state index in [1.807, 2.05) is 24.3 Å². The Hall–Kier alpha value is -1.35. The summed E-state index contributed by atoms with van der Waals surface area (Å²) in [6.45, 7) is 5.08. The standard InChI is InChI=1S/C18H27NO2/c1-13(2)14-7-9-15(10-8-14)18(21)19-11-16-5-3-4-6-17(16)12-20/h3-6,13-15,20H,7-12H2,1-2H3,(H,19,21). The first-order chi connectivity index (χ1) is 10.1. The van der Waals surface area contributed by atoms with E-state index in [4.69, 9.17) is 0 Å². The lowest BCUT2D eigenvalue weighted by molar-refractivity contribution is -0.126. The normalized spacial score (nSPS) is 22.3. The van der Waals surface area contributed by atoms with Gasteiger partial charge in [-0.25, -0.2) is 0 Å². The highest BCUT2D eigenvalue weighted by Gasteiger charge is 2.27. The number of nitrogens with one attached hydrogen (secondary N) is 1. The maximum absolute atomic E-state index is 12.3. The van der Waals surface area contributed by atoms with E-state index in [2.05, 4.69) is 19.2 Å². The Bertz CT molecular complexity index is 462. The minimum absolute atomic E-state index is 0.0194. The molecule has 1 aromatic rings. The fourth-order valence-corrected chi connectivity index (χ4v) is 3.26. The molecule has 1 aliphatic carbocycles. The van der Waals surface area contributed by atoms with Crippen molar-refractivity contribution in [3.8, 4) is 0 Å². The van der Waals surface area contributed by atoms with Gasteiger partial charge < -0.3 is 10.4 Å². The van der Waals surface area contributed by atoms with E-state index in [1.165, 1.54) is 12.8 Å². The summed E-state index contributed by atoms with van der Waals surface area (Å²) in [5.41, 5.74) is 1.89. The summed E-state index contributed by atoms with van der Waals surface area (Å²) < 4.78 is 0. The van der Waals surface area contributed by atoms with Crippen molar-refractivity contribution in [1.82, 2.24) is 5.32 Å². The lowest BCUT2D eigenvalue weighted by Gasteiger charge is -2.30. The van der Waals surface area contributed by atoms with Crippen molar-refractivity contribution < 1.29 is 9.90 Å². The second kappa shape index (κ2) is 7.60. The Morgan fingerprint density at radius 3 is 2.38 bits per heavy atom. The Morgan fingerprint density at radius 2 is 1.81 bits per heavy atom. The summed E-state index contributed by atoms with van der Waals surface area (Å²) in [4.78, 5) is 12.3. The Kier molecular flexibility index (Phi) is 5.80. The average molecular weight is 289 g/mol. The van der Waals surface area contributed by atoms with Gasteiger partial charge in [0.2, 0.25) is 5.91 Å². The Labute approximate surface area is 127 Å². The van der Waals surface area contributed by atoms with Crippen molar-refractivity contribution in [3.63, 3.8) is 0 Å². The zero-order valence-electron chi connectivity index (χ0n) is 13.1. The van der Waals surface area contributed by atoms with E-state index in [1.54, 1.807) is 0 Å². The molecule has 0 aromatic heterocycles. The van der Waals surface area contributed by atoms with E-state index < -0.39 is 0 Å². The van der Waals surface area contributed by atoms with Gasteiger partial charge in [-0.15, -0.1) is 0 Å². The van der Waals surface area contributed by atoms with Crippen LogP contribution in [-0.2, 0) is 17.9 Å². The molecule has 0 radical (unpaired) electrons. The molecule has 0 heterocycles. The number of amides is 1. The van der Waals surface area contributed by atoms with Crippen LogP contribution in [0.25, 0.3) is 0 Å². The fourth-order valence-electron chi connectivity index (χ4n) is 3.26. The fraction of sp³-hybridized carbons (Fsp3) is 0.611. The maximum Gasteiger partial charge on any atom is 0.223 e. The van der Waals surface area contributed by atoms with E-state index in [9.17, 15) is 9.90 Å². The summed E-state index contributed by atoms with van der Waals surface area (Å²) in [5, 5.41) is 12.3. The first kappa shape index (κ1) is 16.0. The molecule has 1 amide bonds. The number of hydrogen-bond acceptors (Lipinski definition) is 2. The Morgan fingerprint density at radius 1 is 1.19 bits per heavy atom. The number of benzene rings is 1. The summed E-state index contributed by atoms with van der Waals surface area (Å²) in [7, 11) is 0.